The Kier molecular flexibility index (Phi) is 7.03. The Morgan fingerprint density at radius 1 is 1.06 bits per heavy atom. The number of aryl methyl sites for hydroxylation is 1. The Morgan fingerprint density at radius 2 is 1.89 bits per heavy atom. The number of halogens is 1. The van der Waals surface area contributed by atoms with Crippen molar-refractivity contribution in [2.45, 2.75) is 44.7 Å². The number of amides is 1. The number of carbonyl (C=O) groups is 1. The Bertz CT molecular complexity index is 1300. The molecule has 5 rings (SSSR count). The van der Waals surface area contributed by atoms with E-state index in [1.807, 2.05) is 30.3 Å². The van der Waals surface area contributed by atoms with Crippen LogP contribution in [0.2, 0.25) is 5.02 Å². The second kappa shape index (κ2) is 10.5. The molecular weight excluding hydrogens is 458 g/mol. The van der Waals surface area contributed by atoms with Gasteiger partial charge < -0.3 is 15.4 Å². The fourth-order valence-electron chi connectivity index (χ4n) is 5.16. The summed E-state index contributed by atoms with van der Waals surface area (Å²) in [6, 6.07) is 20.9. The van der Waals surface area contributed by atoms with E-state index in [1.165, 1.54) is 23.1 Å². The lowest BCUT2D eigenvalue weighted by atomic mass is 9.93. The molecule has 0 unspecified atom stereocenters. The molecule has 1 amide bonds. The van der Waals surface area contributed by atoms with Crippen LogP contribution in [-0.4, -0.2) is 25.1 Å². The van der Waals surface area contributed by atoms with Crippen LogP contribution in [0.5, 0.6) is 5.75 Å². The number of nitrogens with one attached hydrogen (secondary N) is 2. The molecule has 35 heavy (non-hydrogen) atoms. The molecule has 1 heterocycles. The van der Waals surface area contributed by atoms with E-state index in [1.54, 1.807) is 0 Å². The number of nitriles is 1. The molecule has 2 N–H and O–H groups in total. The van der Waals surface area contributed by atoms with E-state index >= 15 is 0 Å². The van der Waals surface area contributed by atoms with Crippen molar-refractivity contribution in [1.29, 1.82) is 5.26 Å². The second-order valence-corrected chi connectivity index (χ2v) is 9.55. The second-order valence-electron chi connectivity index (χ2n) is 9.17. The summed E-state index contributed by atoms with van der Waals surface area (Å²) >= 11 is 7.00. The van der Waals surface area contributed by atoms with Gasteiger partial charge in [-0.3, -0.25) is 4.79 Å². The van der Waals surface area contributed by atoms with Crippen molar-refractivity contribution >= 4 is 17.5 Å². The molecule has 178 valence electrons. The molecule has 6 heteroatoms. The molecule has 0 radical (unpaired) electrons. The highest BCUT2D eigenvalue weighted by atomic mass is 35.5. The fourth-order valence-corrected chi connectivity index (χ4v) is 5.50. The molecule has 1 atom stereocenters. The smallest absolute Gasteiger partial charge is 0.220 e. The maximum atomic E-state index is 11.4. The number of hydrogen-bond acceptors (Lipinski definition) is 4. The zero-order valence-corrected chi connectivity index (χ0v) is 20.3. The van der Waals surface area contributed by atoms with E-state index in [9.17, 15) is 4.79 Å². The number of nitrogens with zero attached hydrogens (tertiary/aromatic N) is 1. The van der Waals surface area contributed by atoms with E-state index in [0.717, 1.165) is 46.5 Å². The molecule has 1 aliphatic carbocycles. The first-order valence-corrected chi connectivity index (χ1v) is 12.5. The van der Waals surface area contributed by atoms with Crippen molar-refractivity contribution in [1.82, 2.24) is 10.6 Å². The molecule has 3 aromatic carbocycles. The van der Waals surface area contributed by atoms with Crippen LogP contribution in [0.25, 0.3) is 22.3 Å². The van der Waals surface area contributed by atoms with E-state index in [2.05, 4.69) is 41.0 Å². The molecule has 1 aliphatic heterocycles. The van der Waals surface area contributed by atoms with Crippen LogP contribution in [0.1, 0.15) is 36.0 Å². The Morgan fingerprint density at radius 3 is 2.71 bits per heavy atom. The number of fused-ring (bicyclic) bond motifs is 1. The van der Waals surface area contributed by atoms with Crippen molar-refractivity contribution in [3.63, 3.8) is 0 Å². The zero-order valence-electron chi connectivity index (χ0n) is 19.6. The predicted octanol–water partition coefficient (Wildman–Crippen LogP) is 5.43. The first-order valence-electron chi connectivity index (χ1n) is 12.2. The normalized spacial score (nSPS) is 16.6. The summed E-state index contributed by atoms with van der Waals surface area (Å²) in [6.07, 6.45) is 4.84. The average Bonchev–Trinajstić information content (AvgIpc) is 3.52. The molecule has 0 bridgehead atoms. The molecule has 0 saturated carbocycles. The summed E-state index contributed by atoms with van der Waals surface area (Å²) in [5.74, 6) is 0.771. The van der Waals surface area contributed by atoms with Crippen LogP contribution < -0.4 is 15.4 Å². The molecule has 0 aromatic heterocycles. The lowest BCUT2D eigenvalue weighted by Crippen LogP contribution is -2.35. The fraction of sp³-hybridized carbons (Fsp3) is 0.310. The predicted molar refractivity (Wildman–Crippen MR) is 138 cm³/mol. The molecule has 5 nitrogen and oxygen atoms in total. The first-order chi connectivity index (χ1) is 17.1. The quantitative estimate of drug-likeness (QED) is 0.446. The van der Waals surface area contributed by atoms with Crippen LogP contribution in [0, 0.1) is 11.3 Å². The molecular formula is C29H28ClN3O2. The van der Waals surface area contributed by atoms with Gasteiger partial charge in [0, 0.05) is 42.2 Å². The van der Waals surface area contributed by atoms with Gasteiger partial charge in [-0.1, -0.05) is 60.1 Å². The summed E-state index contributed by atoms with van der Waals surface area (Å²) in [5.41, 5.74) is 7.94. The third-order valence-corrected chi connectivity index (χ3v) is 7.30. The first kappa shape index (κ1) is 23.4. The van der Waals surface area contributed by atoms with Crippen LogP contribution in [0.3, 0.4) is 0 Å². The Labute approximate surface area is 211 Å². The van der Waals surface area contributed by atoms with Crippen molar-refractivity contribution < 1.29 is 9.53 Å². The summed E-state index contributed by atoms with van der Waals surface area (Å²) in [4.78, 5) is 11.4. The lowest BCUT2D eigenvalue weighted by molar-refractivity contribution is -0.119. The van der Waals surface area contributed by atoms with E-state index in [0.29, 0.717) is 25.3 Å². The van der Waals surface area contributed by atoms with Gasteiger partial charge in [0.05, 0.1) is 5.02 Å². The zero-order chi connectivity index (χ0) is 24.2. The van der Waals surface area contributed by atoms with Crippen molar-refractivity contribution in [3.8, 4) is 34.1 Å². The van der Waals surface area contributed by atoms with Gasteiger partial charge in [-0.2, -0.15) is 5.26 Å². The monoisotopic (exact) mass is 485 g/mol. The van der Waals surface area contributed by atoms with Gasteiger partial charge in [0.2, 0.25) is 5.91 Å². The summed E-state index contributed by atoms with van der Waals surface area (Å²) < 4.78 is 5.79. The van der Waals surface area contributed by atoms with Crippen LogP contribution in [0.4, 0.5) is 0 Å². The standard InChI is InChI=1S/C29H28ClN3O2/c30-29-24(7-3-9-26(29)25-8-2-5-19-4-1-6-23(19)25)20-10-11-21(27(16-20)35-15-14-31)17-32-18-22-12-13-28(34)33-22/h2-3,5,7-11,16,22,32H,1,4,6,12-13,15,17-18H2,(H,33,34)/t22-/m0/s1. The van der Waals surface area contributed by atoms with Crippen LogP contribution in [-0.2, 0) is 24.2 Å². The number of rotatable bonds is 8. The summed E-state index contributed by atoms with van der Waals surface area (Å²) in [5, 5.41) is 16.2. The molecule has 2 aliphatic rings. The van der Waals surface area contributed by atoms with Crippen molar-refractivity contribution in [3.05, 3.63) is 76.3 Å². The maximum absolute atomic E-state index is 11.4. The third kappa shape index (κ3) is 5.05. The highest BCUT2D eigenvalue weighted by Gasteiger charge is 2.21. The van der Waals surface area contributed by atoms with Crippen LogP contribution in [0.15, 0.2) is 54.6 Å². The minimum atomic E-state index is -0.0287. The number of benzene rings is 3. The van der Waals surface area contributed by atoms with Gasteiger partial charge in [0.25, 0.3) is 0 Å². The molecule has 1 fully saturated rings. The van der Waals surface area contributed by atoms with Gasteiger partial charge in [-0.25, -0.2) is 0 Å². The molecule has 0 spiro atoms. The van der Waals surface area contributed by atoms with E-state index in [-0.39, 0.29) is 18.6 Å². The number of hydrogen-bond donors (Lipinski definition) is 2. The lowest BCUT2D eigenvalue weighted by Gasteiger charge is -2.16. The summed E-state index contributed by atoms with van der Waals surface area (Å²) in [6.45, 7) is 1.25. The van der Waals surface area contributed by atoms with Gasteiger partial charge in [-0.05, 0) is 54.0 Å². The third-order valence-electron chi connectivity index (χ3n) is 6.90. The SMILES string of the molecule is N#CCOc1cc(-c2cccc(-c3cccc4c3CCC4)c2Cl)ccc1CNC[C@@H]1CCC(=O)N1. The minimum absolute atomic E-state index is 0.0287. The van der Waals surface area contributed by atoms with Gasteiger partial charge in [0.15, 0.2) is 6.61 Å². The van der Waals surface area contributed by atoms with Gasteiger partial charge in [-0.15, -0.1) is 0 Å². The average molecular weight is 486 g/mol. The van der Waals surface area contributed by atoms with Gasteiger partial charge >= 0.3 is 0 Å². The number of ether oxygens (including phenoxy) is 1. The van der Waals surface area contributed by atoms with E-state index in [4.69, 9.17) is 21.6 Å². The van der Waals surface area contributed by atoms with Gasteiger partial charge in [0.1, 0.15) is 11.8 Å². The highest BCUT2D eigenvalue weighted by Crippen LogP contribution is 2.41. The minimum Gasteiger partial charge on any atom is -0.478 e. The highest BCUT2D eigenvalue weighted by molar-refractivity contribution is 6.36. The Hall–Kier alpha value is -3.33. The molecule has 1 saturated heterocycles. The topological polar surface area (TPSA) is 74.1 Å². The van der Waals surface area contributed by atoms with E-state index < -0.39 is 0 Å². The summed E-state index contributed by atoms with van der Waals surface area (Å²) in [7, 11) is 0. The van der Waals surface area contributed by atoms with Crippen molar-refractivity contribution in [2.75, 3.05) is 13.2 Å². The van der Waals surface area contributed by atoms with Crippen molar-refractivity contribution in [2.24, 2.45) is 0 Å². The molecule has 3 aromatic rings. The maximum Gasteiger partial charge on any atom is 0.220 e. The largest absolute Gasteiger partial charge is 0.478 e. The van der Waals surface area contributed by atoms with Crippen LogP contribution >= 0.6 is 11.6 Å². The Balaban J connectivity index is 1.41. The number of carbonyl (C=O) groups excluding carboxylic acids is 1.